The Kier molecular flexibility index (Phi) is 4.87. The lowest BCUT2D eigenvalue weighted by Crippen LogP contribution is -2.44. The number of hydrogen-bond acceptors (Lipinski definition) is 6. The molecule has 1 saturated heterocycles. The van der Waals surface area contributed by atoms with Gasteiger partial charge >= 0.3 is 6.01 Å². The van der Waals surface area contributed by atoms with E-state index in [0.717, 1.165) is 18.5 Å². The van der Waals surface area contributed by atoms with Gasteiger partial charge in [0.15, 0.2) is 0 Å². The Morgan fingerprint density at radius 3 is 2.52 bits per heavy atom. The van der Waals surface area contributed by atoms with Gasteiger partial charge in [0, 0.05) is 31.3 Å². The highest BCUT2D eigenvalue weighted by Crippen LogP contribution is 2.23. The van der Waals surface area contributed by atoms with Crippen LogP contribution in [-0.2, 0) is 10.0 Å². The third-order valence-electron chi connectivity index (χ3n) is 4.40. The van der Waals surface area contributed by atoms with Gasteiger partial charge < -0.3 is 4.74 Å². The van der Waals surface area contributed by atoms with E-state index in [2.05, 4.69) is 15.1 Å². The molecule has 8 nitrogen and oxygen atoms in total. The molecule has 0 radical (unpaired) electrons. The minimum Gasteiger partial charge on any atom is -0.459 e. The van der Waals surface area contributed by atoms with Crippen molar-refractivity contribution in [1.29, 1.82) is 0 Å². The quantitative estimate of drug-likeness (QED) is 0.666. The van der Waals surface area contributed by atoms with Crippen LogP contribution in [0.3, 0.4) is 0 Å². The van der Waals surface area contributed by atoms with Crippen molar-refractivity contribution in [2.75, 3.05) is 13.1 Å². The first kappa shape index (κ1) is 17.6. The Labute approximate surface area is 157 Å². The molecule has 2 aromatic heterocycles. The summed E-state index contributed by atoms with van der Waals surface area (Å²) >= 11 is 0. The van der Waals surface area contributed by atoms with Crippen molar-refractivity contribution in [1.82, 2.24) is 24.1 Å². The summed E-state index contributed by atoms with van der Waals surface area (Å²) in [7, 11) is -3.59. The first-order chi connectivity index (χ1) is 13.1. The summed E-state index contributed by atoms with van der Waals surface area (Å²) < 4.78 is 34.9. The topological polar surface area (TPSA) is 90.2 Å². The number of benzene rings is 1. The van der Waals surface area contributed by atoms with Crippen LogP contribution in [0.1, 0.15) is 12.8 Å². The Bertz CT molecular complexity index is 976. The molecule has 0 N–H and O–H groups in total. The van der Waals surface area contributed by atoms with E-state index >= 15 is 0 Å². The molecule has 1 fully saturated rings. The van der Waals surface area contributed by atoms with Gasteiger partial charge in [-0.2, -0.15) is 9.40 Å². The Balaban J connectivity index is 1.49. The summed E-state index contributed by atoms with van der Waals surface area (Å²) in [6.45, 7) is 0.750. The fourth-order valence-corrected chi connectivity index (χ4v) is 4.57. The smallest absolute Gasteiger partial charge is 0.316 e. The molecular formula is C18H19N5O3S. The molecule has 1 aliphatic rings. The van der Waals surface area contributed by atoms with Crippen molar-refractivity contribution in [3.63, 3.8) is 0 Å². The Hall–Kier alpha value is -2.78. The molecule has 27 heavy (non-hydrogen) atoms. The lowest BCUT2D eigenvalue weighted by atomic mass is 10.1. The first-order valence-corrected chi connectivity index (χ1v) is 10.1. The monoisotopic (exact) mass is 385 g/mol. The molecule has 9 heteroatoms. The SMILES string of the molecule is O=S(=O)(c1ccc(-n2cccn2)cc1)N1CCCC(Oc2ncccn2)C1. The van der Waals surface area contributed by atoms with E-state index in [-0.39, 0.29) is 23.6 Å². The van der Waals surface area contributed by atoms with Gasteiger partial charge in [0.05, 0.1) is 17.1 Å². The van der Waals surface area contributed by atoms with Crippen LogP contribution in [-0.4, -0.2) is 51.7 Å². The number of sulfonamides is 1. The largest absolute Gasteiger partial charge is 0.459 e. The molecule has 1 unspecified atom stereocenters. The summed E-state index contributed by atoms with van der Waals surface area (Å²) in [5, 5.41) is 4.15. The van der Waals surface area contributed by atoms with E-state index in [0.29, 0.717) is 6.54 Å². The van der Waals surface area contributed by atoms with Crippen molar-refractivity contribution in [3.05, 3.63) is 61.2 Å². The minimum absolute atomic E-state index is 0.259. The van der Waals surface area contributed by atoms with Crippen LogP contribution >= 0.6 is 0 Å². The fourth-order valence-electron chi connectivity index (χ4n) is 3.06. The van der Waals surface area contributed by atoms with E-state index < -0.39 is 10.0 Å². The number of aromatic nitrogens is 4. The zero-order chi connectivity index (χ0) is 18.7. The lowest BCUT2D eigenvalue weighted by Gasteiger charge is -2.31. The maximum atomic E-state index is 13.0. The molecule has 3 heterocycles. The van der Waals surface area contributed by atoms with Gasteiger partial charge in [-0.25, -0.2) is 23.1 Å². The molecule has 1 aliphatic heterocycles. The average molecular weight is 385 g/mol. The molecule has 140 valence electrons. The summed E-state index contributed by atoms with van der Waals surface area (Å²) in [5.41, 5.74) is 0.806. The average Bonchev–Trinajstić information content (AvgIpc) is 3.24. The minimum atomic E-state index is -3.59. The molecule has 1 aromatic carbocycles. The van der Waals surface area contributed by atoms with Gasteiger partial charge in [-0.05, 0) is 49.2 Å². The van der Waals surface area contributed by atoms with E-state index in [1.165, 1.54) is 4.31 Å². The van der Waals surface area contributed by atoms with E-state index in [4.69, 9.17) is 4.74 Å². The summed E-state index contributed by atoms with van der Waals surface area (Å²) in [6.07, 6.45) is 7.91. The number of ether oxygens (including phenoxy) is 1. The second kappa shape index (κ2) is 7.45. The molecule has 0 spiro atoms. The summed E-state index contributed by atoms with van der Waals surface area (Å²) in [5.74, 6) is 0. The van der Waals surface area contributed by atoms with E-state index in [1.54, 1.807) is 53.6 Å². The van der Waals surface area contributed by atoms with Crippen molar-refractivity contribution in [2.24, 2.45) is 0 Å². The van der Waals surface area contributed by atoms with Crippen LogP contribution < -0.4 is 4.74 Å². The van der Waals surface area contributed by atoms with Crippen LogP contribution in [0.2, 0.25) is 0 Å². The van der Waals surface area contributed by atoms with Crippen molar-refractivity contribution >= 4 is 10.0 Å². The van der Waals surface area contributed by atoms with Crippen LogP contribution in [0, 0.1) is 0 Å². The van der Waals surface area contributed by atoms with E-state index in [1.807, 2.05) is 12.3 Å². The predicted molar refractivity (Wildman–Crippen MR) is 98.0 cm³/mol. The maximum Gasteiger partial charge on any atom is 0.316 e. The molecule has 4 rings (SSSR count). The van der Waals surface area contributed by atoms with Gasteiger partial charge in [0.25, 0.3) is 0 Å². The second-order valence-electron chi connectivity index (χ2n) is 6.22. The Morgan fingerprint density at radius 2 is 1.81 bits per heavy atom. The molecule has 1 atom stereocenters. The molecule has 0 bridgehead atoms. The van der Waals surface area contributed by atoms with Crippen LogP contribution in [0.15, 0.2) is 66.1 Å². The molecule has 0 saturated carbocycles. The highest BCUT2D eigenvalue weighted by atomic mass is 32.2. The third kappa shape index (κ3) is 3.83. The zero-order valence-corrected chi connectivity index (χ0v) is 15.4. The van der Waals surface area contributed by atoms with Crippen molar-refractivity contribution < 1.29 is 13.2 Å². The first-order valence-electron chi connectivity index (χ1n) is 8.67. The molecule has 3 aromatic rings. The van der Waals surface area contributed by atoms with Gasteiger partial charge in [-0.1, -0.05) is 0 Å². The van der Waals surface area contributed by atoms with Crippen LogP contribution in [0.5, 0.6) is 6.01 Å². The fraction of sp³-hybridized carbons (Fsp3) is 0.278. The molecular weight excluding hydrogens is 366 g/mol. The number of nitrogens with zero attached hydrogens (tertiary/aromatic N) is 5. The highest BCUT2D eigenvalue weighted by Gasteiger charge is 2.31. The van der Waals surface area contributed by atoms with E-state index in [9.17, 15) is 8.42 Å². The number of piperidine rings is 1. The van der Waals surface area contributed by atoms with Crippen LogP contribution in [0.4, 0.5) is 0 Å². The zero-order valence-electron chi connectivity index (χ0n) is 14.5. The molecule has 0 aliphatic carbocycles. The lowest BCUT2D eigenvalue weighted by molar-refractivity contribution is 0.119. The van der Waals surface area contributed by atoms with Gasteiger partial charge in [-0.3, -0.25) is 0 Å². The summed E-state index contributed by atoms with van der Waals surface area (Å²) in [4.78, 5) is 8.34. The van der Waals surface area contributed by atoms with Gasteiger partial charge in [-0.15, -0.1) is 0 Å². The third-order valence-corrected chi connectivity index (χ3v) is 6.28. The normalized spacial score (nSPS) is 18.3. The van der Waals surface area contributed by atoms with Gasteiger partial charge in [0.1, 0.15) is 6.10 Å². The predicted octanol–water partition coefficient (Wildman–Crippen LogP) is 1.89. The second-order valence-corrected chi connectivity index (χ2v) is 8.16. The van der Waals surface area contributed by atoms with Crippen molar-refractivity contribution in [2.45, 2.75) is 23.8 Å². The number of hydrogen-bond donors (Lipinski definition) is 0. The van der Waals surface area contributed by atoms with Gasteiger partial charge in [0.2, 0.25) is 10.0 Å². The van der Waals surface area contributed by atoms with Crippen molar-refractivity contribution in [3.8, 4) is 11.7 Å². The highest BCUT2D eigenvalue weighted by molar-refractivity contribution is 7.89. The Morgan fingerprint density at radius 1 is 1.04 bits per heavy atom. The van der Waals surface area contributed by atoms with Crippen LogP contribution in [0.25, 0.3) is 5.69 Å². The number of rotatable bonds is 5. The maximum absolute atomic E-state index is 13.0. The standard InChI is InChI=1S/C18H19N5O3S/c24-27(25,17-7-5-15(6-8-17)23-13-3-11-21-23)22-12-1-4-16(14-22)26-18-19-9-2-10-20-18/h2-3,5-11,13,16H,1,4,12,14H2. The molecule has 0 amide bonds. The summed E-state index contributed by atoms with van der Waals surface area (Å²) in [6, 6.07) is 10.5.